The van der Waals surface area contributed by atoms with E-state index in [2.05, 4.69) is 0 Å². The molecule has 1 heterocycles. The molecule has 0 bridgehead atoms. The molecule has 15 heavy (non-hydrogen) atoms. The summed E-state index contributed by atoms with van der Waals surface area (Å²) in [6, 6.07) is 0.932. The standard InChI is InChI=1S/C9H20O4Si.H4Si/c1-10-9(11-2)7-5-6-8-14(9,12-3)13-4;/h5-8H2,1-4H3;1H4. The van der Waals surface area contributed by atoms with Gasteiger partial charge in [-0.15, -0.1) is 0 Å². The average molecular weight is 252 g/mol. The summed E-state index contributed by atoms with van der Waals surface area (Å²) in [5.74, 6) is 0. The molecule has 0 atom stereocenters. The van der Waals surface area contributed by atoms with Crippen LogP contribution in [0, 0.1) is 0 Å². The van der Waals surface area contributed by atoms with Crippen LogP contribution < -0.4 is 0 Å². The van der Waals surface area contributed by atoms with E-state index in [1.807, 2.05) is 0 Å². The van der Waals surface area contributed by atoms with Gasteiger partial charge in [-0.2, -0.15) is 0 Å². The Hall–Kier alpha value is 0.274. The molecule has 0 unspecified atom stereocenters. The molecule has 92 valence electrons. The summed E-state index contributed by atoms with van der Waals surface area (Å²) >= 11 is 0. The van der Waals surface area contributed by atoms with Gasteiger partial charge in [0.25, 0.3) is 0 Å². The number of ether oxygens (including phenoxy) is 2. The van der Waals surface area contributed by atoms with Crippen molar-refractivity contribution in [3.05, 3.63) is 0 Å². The van der Waals surface area contributed by atoms with E-state index in [1.165, 1.54) is 0 Å². The van der Waals surface area contributed by atoms with E-state index in [4.69, 9.17) is 18.3 Å². The highest BCUT2D eigenvalue weighted by atomic mass is 28.4. The van der Waals surface area contributed by atoms with Crippen LogP contribution in [0.3, 0.4) is 0 Å². The number of methoxy groups -OCH3 is 2. The van der Waals surface area contributed by atoms with Crippen LogP contribution in [0.2, 0.25) is 6.04 Å². The van der Waals surface area contributed by atoms with Gasteiger partial charge in [-0.1, -0.05) is 6.42 Å². The zero-order valence-electron chi connectivity index (χ0n) is 9.46. The van der Waals surface area contributed by atoms with Crippen LogP contribution in [0.5, 0.6) is 0 Å². The first kappa shape index (κ1) is 15.3. The van der Waals surface area contributed by atoms with Crippen molar-refractivity contribution in [1.82, 2.24) is 0 Å². The monoisotopic (exact) mass is 252 g/mol. The first-order valence-corrected chi connectivity index (χ1v) is 6.93. The lowest BCUT2D eigenvalue weighted by Crippen LogP contribution is -2.65. The minimum absolute atomic E-state index is 0. The number of hydrogen-bond acceptors (Lipinski definition) is 4. The molecule has 1 rings (SSSR count). The number of hydrogen-bond donors (Lipinski definition) is 0. The number of rotatable bonds is 4. The summed E-state index contributed by atoms with van der Waals surface area (Å²) < 4.78 is 22.2. The molecule has 1 aliphatic heterocycles. The van der Waals surface area contributed by atoms with E-state index in [0.717, 1.165) is 25.3 Å². The highest BCUT2D eigenvalue weighted by Gasteiger charge is 2.60. The summed E-state index contributed by atoms with van der Waals surface area (Å²) in [6.07, 6.45) is 3.08. The van der Waals surface area contributed by atoms with Gasteiger partial charge in [0, 0.05) is 34.9 Å². The van der Waals surface area contributed by atoms with Crippen LogP contribution in [-0.4, -0.2) is 53.4 Å². The molecule has 4 nitrogen and oxygen atoms in total. The lowest BCUT2D eigenvalue weighted by Gasteiger charge is -2.46. The molecular weight excluding hydrogens is 228 g/mol. The predicted octanol–water partition coefficient (Wildman–Crippen LogP) is -0.0180. The lowest BCUT2D eigenvalue weighted by molar-refractivity contribution is -0.183. The van der Waals surface area contributed by atoms with Crippen molar-refractivity contribution in [2.45, 2.75) is 30.7 Å². The fourth-order valence-corrected chi connectivity index (χ4v) is 5.77. The molecule has 0 aromatic carbocycles. The van der Waals surface area contributed by atoms with Crippen molar-refractivity contribution in [3.63, 3.8) is 0 Å². The van der Waals surface area contributed by atoms with Crippen LogP contribution in [0.1, 0.15) is 19.3 Å². The topological polar surface area (TPSA) is 36.9 Å². The Morgan fingerprint density at radius 2 is 1.47 bits per heavy atom. The van der Waals surface area contributed by atoms with Gasteiger partial charge < -0.3 is 18.3 Å². The first-order chi connectivity index (χ1) is 6.70. The van der Waals surface area contributed by atoms with Crippen molar-refractivity contribution in [2.75, 3.05) is 28.4 Å². The molecule has 1 saturated heterocycles. The second-order valence-electron chi connectivity index (χ2n) is 3.53. The molecule has 1 fully saturated rings. The Labute approximate surface area is 97.5 Å². The van der Waals surface area contributed by atoms with E-state index in [-0.39, 0.29) is 11.0 Å². The van der Waals surface area contributed by atoms with Gasteiger partial charge in [-0.3, -0.25) is 0 Å². The quantitative estimate of drug-likeness (QED) is 0.521. The minimum atomic E-state index is -2.35. The zero-order valence-corrected chi connectivity index (χ0v) is 10.5. The van der Waals surface area contributed by atoms with Gasteiger partial charge in [0.2, 0.25) is 5.41 Å². The molecule has 0 spiro atoms. The van der Waals surface area contributed by atoms with E-state index in [1.54, 1.807) is 28.4 Å². The summed E-state index contributed by atoms with van der Waals surface area (Å²) in [5, 5.41) is 0. The first-order valence-electron chi connectivity index (χ1n) is 4.91. The molecule has 6 heteroatoms. The minimum Gasteiger partial charge on any atom is -0.395 e. The maximum absolute atomic E-state index is 5.59. The third-order valence-electron chi connectivity index (χ3n) is 3.16. The third-order valence-corrected chi connectivity index (χ3v) is 7.31. The molecule has 0 radical (unpaired) electrons. The van der Waals surface area contributed by atoms with Crippen LogP contribution in [0.25, 0.3) is 0 Å². The third kappa shape index (κ3) is 2.35. The van der Waals surface area contributed by atoms with Crippen LogP contribution in [0.4, 0.5) is 0 Å². The average Bonchev–Trinajstić information content (AvgIpc) is 2.28. The van der Waals surface area contributed by atoms with E-state index < -0.39 is 14.0 Å². The summed E-state index contributed by atoms with van der Waals surface area (Å²) in [7, 11) is 4.34. The molecule has 0 aromatic heterocycles. The molecule has 0 N–H and O–H groups in total. The van der Waals surface area contributed by atoms with Gasteiger partial charge in [-0.05, 0) is 23.4 Å². The van der Waals surface area contributed by atoms with Crippen LogP contribution in [0.15, 0.2) is 0 Å². The van der Waals surface area contributed by atoms with E-state index in [9.17, 15) is 0 Å². The molecule has 0 aliphatic carbocycles. The second kappa shape index (κ2) is 6.12. The van der Waals surface area contributed by atoms with Gasteiger partial charge in [-0.25, -0.2) is 0 Å². The molecular formula is C9H24O4Si2. The molecule has 0 amide bonds. The predicted molar refractivity (Wildman–Crippen MR) is 66.5 cm³/mol. The zero-order chi connectivity index (χ0) is 10.7. The van der Waals surface area contributed by atoms with Crippen molar-refractivity contribution in [3.8, 4) is 0 Å². The summed E-state index contributed by atoms with van der Waals surface area (Å²) in [6.45, 7) is 0. The van der Waals surface area contributed by atoms with Gasteiger partial charge >= 0.3 is 8.56 Å². The lowest BCUT2D eigenvalue weighted by atomic mass is 10.2. The normalized spacial score (nSPS) is 23.2. The SMILES string of the molecule is COC1(OC)CCCC[Si]1(OC)OC.[SiH4]. The van der Waals surface area contributed by atoms with Crippen molar-refractivity contribution >= 4 is 19.5 Å². The smallest absolute Gasteiger partial charge is 0.395 e. The van der Waals surface area contributed by atoms with E-state index in [0.29, 0.717) is 0 Å². The second-order valence-corrected chi connectivity index (χ2v) is 7.11. The van der Waals surface area contributed by atoms with Gasteiger partial charge in [0.1, 0.15) is 0 Å². The van der Waals surface area contributed by atoms with Gasteiger partial charge in [0.05, 0.1) is 0 Å². The Kier molecular flexibility index (Phi) is 6.23. The Morgan fingerprint density at radius 3 is 1.80 bits per heavy atom. The molecule has 1 aliphatic rings. The largest absolute Gasteiger partial charge is 0.399 e. The Morgan fingerprint density at radius 1 is 0.933 bits per heavy atom. The highest BCUT2D eigenvalue weighted by Crippen LogP contribution is 2.40. The van der Waals surface area contributed by atoms with Crippen LogP contribution >= 0.6 is 0 Å². The van der Waals surface area contributed by atoms with Crippen molar-refractivity contribution in [2.24, 2.45) is 0 Å². The summed E-state index contributed by atoms with van der Waals surface area (Å²) in [5.41, 5.74) is -0.630. The summed E-state index contributed by atoms with van der Waals surface area (Å²) in [4.78, 5) is 0. The molecule has 0 saturated carbocycles. The highest BCUT2D eigenvalue weighted by molar-refractivity contribution is 6.70. The maximum Gasteiger partial charge on any atom is 0.399 e. The van der Waals surface area contributed by atoms with Crippen LogP contribution in [-0.2, 0) is 18.3 Å². The van der Waals surface area contributed by atoms with E-state index >= 15 is 0 Å². The fraction of sp³-hybridized carbons (Fsp3) is 1.00. The van der Waals surface area contributed by atoms with Crippen molar-refractivity contribution in [1.29, 1.82) is 0 Å². The maximum atomic E-state index is 5.59. The van der Waals surface area contributed by atoms with Gasteiger partial charge in [0.15, 0.2) is 0 Å². The molecule has 0 aromatic rings. The Bertz CT molecular complexity index is 161. The van der Waals surface area contributed by atoms with Crippen molar-refractivity contribution < 1.29 is 18.3 Å². The fourth-order valence-electron chi connectivity index (χ4n) is 2.29. The Balaban J connectivity index is 0.00000196.